The summed E-state index contributed by atoms with van der Waals surface area (Å²) < 4.78 is 0. The van der Waals surface area contributed by atoms with Gasteiger partial charge in [0.05, 0.1) is 6.54 Å². The molecule has 3 nitrogen and oxygen atoms in total. The SMILES string of the molecule is C#CCCCCN1CCN(CC=O)CC1. The van der Waals surface area contributed by atoms with Crippen molar-refractivity contribution in [2.45, 2.75) is 19.3 Å². The predicted molar refractivity (Wildman–Crippen MR) is 61.6 cm³/mol. The van der Waals surface area contributed by atoms with E-state index < -0.39 is 0 Å². The van der Waals surface area contributed by atoms with Crippen molar-refractivity contribution in [1.82, 2.24) is 9.80 Å². The molecule has 0 aromatic rings. The third-order valence-electron chi connectivity index (χ3n) is 2.84. The lowest BCUT2D eigenvalue weighted by molar-refractivity contribution is -0.109. The summed E-state index contributed by atoms with van der Waals surface area (Å²) in [6.45, 7) is 5.96. The van der Waals surface area contributed by atoms with E-state index >= 15 is 0 Å². The number of piperazine rings is 1. The minimum Gasteiger partial charge on any atom is -0.302 e. The van der Waals surface area contributed by atoms with E-state index in [0.717, 1.165) is 51.9 Å². The van der Waals surface area contributed by atoms with Crippen molar-refractivity contribution >= 4 is 6.29 Å². The number of carbonyl (C=O) groups is 1. The van der Waals surface area contributed by atoms with Crippen LogP contribution in [0.1, 0.15) is 19.3 Å². The molecule has 0 unspecified atom stereocenters. The quantitative estimate of drug-likeness (QED) is 0.363. The lowest BCUT2D eigenvalue weighted by atomic mass is 10.2. The Morgan fingerprint density at radius 2 is 1.80 bits per heavy atom. The molecule has 1 heterocycles. The Balaban J connectivity index is 2.04. The Bertz CT molecular complexity index is 214. The van der Waals surface area contributed by atoms with E-state index in [2.05, 4.69) is 15.7 Å². The number of aldehydes is 1. The number of hydrogen-bond donors (Lipinski definition) is 0. The second-order valence-electron chi connectivity index (χ2n) is 3.97. The van der Waals surface area contributed by atoms with Crippen LogP contribution in [0.5, 0.6) is 0 Å². The maximum atomic E-state index is 10.3. The van der Waals surface area contributed by atoms with Gasteiger partial charge in [0.25, 0.3) is 0 Å². The number of terminal acetylenes is 1. The fraction of sp³-hybridized carbons (Fsp3) is 0.750. The van der Waals surface area contributed by atoms with Gasteiger partial charge in [-0.3, -0.25) is 4.90 Å². The van der Waals surface area contributed by atoms with Crippen LogP contribution >= 0.6 is 0 Å². The molecule has 1 aliphatic rings. The molecular weight excluding hydrogens is 188 g/mol. The van der Waals surface area contributed by atoms with Gasteiger partial charge in [-0.05, 0) is 19.4 Å². The van der Waals surface area contributed by atoms with E-state index in [1.807, 2.05) is 0 Å². The molecule has 84 valence electrons. The van der Waals surface area contributed by atoms with Gasteiger partial charge in [-0.2, -0.15) is 0 Å². The third kappa shape index (κ3) is 4.96. The number of unbranched alkanes of at least 4 members (excludes halogenated alkanes) is 2. The van der Waals surface area contributed by atoms with E-state index in [0.29, 0.717) is 6.54 Å². The number of carbonyl (C=O) groups excluding carboxylic acids is 1. The zero-order valence-electron chi connectivity index (χ0n) is 9.32. The number of rotatable bonds is 6. The van der Waals surface area contributed by atoms with E-state index in [1.54, 1.807) is 0 Å². The van der Waals surface area contributed by atoms with Crippen LogP contribution in [0, 0.1) is 12.3 Å². The van der Waals surface area contributed by atoms with E-state index in [9.17, 15) is 4.79 Å². The van der Waals surface area contributed by atoms with Crippen LogP contribution in [0.4, 0.5) is 0 Å². The van der Waals surface area contributed by atoms with Crippen molar-refractivity contribution in [3.63, 3.8) is 0 Å². The highest BCUT2D eigenvalue weighted by Gasteiger charge is 2.15. The summed E-state index contributed by atoms with van der Waals surface area (Å²) in [5.41, 5.74) is 0. The van der Waals surface area contributed by atoms with Crippen LogP contribution in [0.25, 0.3) is 0 Å². The van der Waals surface area contributed by atoms with Gasteiger partial charge in [0.15, 0.2) is 0 Å². The van der Waals surface area contributed by atoms with Gasteiger partial charge in [-0.15, -0.1) is 12.3 Å². The molecule has 0 N–H and O–H groups in total. The molecule has 1 aliphatic heterocycles. The van der Waals surface area contributed by atoms with Crippen LogP contribution in [0.2, 0.25) is 0 Å². The van der Waals surface area contributed by atoms with E-state index in [-0.39, 0.29) is 0 Å². The zero-order valence-corrected chi connectivity index (χ0v) is 9.32. The van der Waals surface area contributed by atoms with Crippen molar-refractivity contribution < 1.29 is 4.79 Å². The molecule has 0 aliphatic carbocycles. The molecular formula is C12H20N2O. The average molecular weight is 208 g/mol. The lowest BCUT2D eigenvalue weighted by Gasteiger charge is -2.33. The molecule has 0 spiro atoms. The highest BCUT2D eigenvalue weighted by atomic mass is 16.1. The summed E-state index contributed by atoms with van der Waals surface area (Å²) in [7, 11) is 0. The average Bonchev–Trinajstić information content (AvgIpc) is 2.27. The van der Waals surface area contributed by atoms with Gasteiger partial charge >= 0.3 is 0 Å². The molecule has 0 aromatic heterocycles. The first-order valence-electron chi connectivity index (χ1n) is 5.68. The van der Waals surface area contributed by atoms with Crippen LogP contribution in [-0.2, 0) is 4.79 Å². The highest BCUT2D eigenvalue weighted by Crippen LogP contribution is 2.03. The Kier molecular flexibility index (Phi) is 6.06. The molecule has 1 saturated heterocycles. The van der Waals surface area contributed by atoms with Crippen molar-refractivity contribution in [1.29, 1.82) is 0 Å². The predicted octanol–water partition coefficient (Wildman–Crippen LogP) is 0.606. The molecule has 0 saturated carbocycles. The maximum absolute atomic E-state index is 10.3. The molecule has 15 heavy (non-hydrogen) atoms. The standard InChI is InChI=1S/C12H20N2O/c1-2-3-4-5-6-13-7-9-14(10-8-13)11-12-15/h1,12H,3-11H2. The van der Waals surface area contributed by atoms with Crippen LogP contribution in [0.3, 0.4) is 0 Å². The highest BCUT2D eigenvalue weighted by molar-refractivity contribution is 5.51. The second kappa shape index (κ2) is 7.44. The Labute approximate surface area is 92.4 Å². The van der Waals surface area contributed by atoms with Crippen molar-refractivity contribution in [2.75, 3.05) is 39.3 Å². The molecule has 0 radical (unpaired) electrons. The summed E-state index contributed by atoms with van der Waals surface area (Å²) >= 11 is 0. The fourth-order valence-corrected chi connectivity index (χ4v) is 1.86. The summed E-state index contributed by atoms with van der Waals surface area (Å²) in [6.07, 6.45) is 9.40. The first-order chi connectivity index (χ1) is 7.36. The largest absolute Gasteiger partial charge is 0.302 e. The Morgan fingerprint density at radius 1 is 1.13 bits per heavy atom. The minimum absolute atomic E-state index is 0.588. The molecule has 0 amide bonds. The molecule has 0 atom stereocenters. The topological polar surface area (TPSA) is 23.6 Å². The van der Waals surface area contributed by atoms with Gasteiger partial charge in [0, 0.05) is 32.6 Å². The van der Waals surface area contributed by atoms with Gasteiger partial charge in [-0.25, -0.2) is 0 Å². The maximum Gasteiger partial charge on any atom is 0.133 e. The molecule has 1 fully saturated rings. The molecule has 1 rings (SSSR count). The first kappa shape index (κ1) is 12.2. The fourth-order valence-electron chi connectivity index (χ4n) is 1.86. The van der Waals surface area contributed by atoms with Crippen LogP contribution in [-0.4, -0.2) is 55.4 Å². The molecule has 0 bridgehead atoms. The number of nitrogens with zero attached hydrogens (tertiary/aromatic N) is 2. The van der Waals surface area contributed by atoms with Crippen molar-refractivity contribution in [3.8, 4) is 12.3 Å². The van der Waals surface area contributed by atoms with E-state index in [4.69, 9.17) is 6.42 Å². The van der Waals surface area contributed by atoms with E-state index in [1.165, 1.54) is 6.42 Å². The first-order valence-corrected chi connectivity index (χ1v) is 5.68. The monoisotopic (exact) mass is 208 g/mol. The summed E-state index contributed by atoms with van der Waals surface area (Å²) in [5.74, 6) is 2.66. The summed E-state index contributed by atoms with van der Waals surface area (Å²) in [5, 5.41) is 0. The van der Waals surface area contributed by atoms with Gasteiger partial charge in [0.2, 0.25) is 0 Å². The van der Waals surface area contributed by atoms with Crippen LogP contribution in [0.15, 0.2) is 0 Å². The zero-order chi connectivity index (χ0) is 10.9. The Morgan fingerprint density at radius 3 is 2.40 bits per heavy atom. The van der Waals surface area contributed by atoms with Crippen molar-refractivity contribution in [3.05, 3.63) is 0 Å². The van der Waals surface area contributed by atoms with Crippen molar-refractivity contribution in [2.24, 2.45) is 0 Å². The minimum atomic E-state index is 0.588. The summed E-state index contributed by atoms with van der Waals surface area (Å²) in [4.78, 5) is 15.0. The third-order valence-corrected chi connectivity index (χ3v) is 2.84. The second-order valence-corrected chi connectivity index (χ2v) is 3.97. The van der Waals surface area contributed by atoms with Gasteiger partial charge < -0.3 is 9.69 Å². The van der Waals surface area contributed by atoms with Gasteiger partial charge in [-0.1, -0.05) is 0 Å². The normalized spacial score (nSPS) is 18.6. The molecule has 3 heteroatoms. The Hall–Kier alpha value is -0.850. The molecule has 0 aromatic carbocycles. The van der Waals surface area contributed by atoms with Crippen LogP contribution < -0.4 is 0 Å². The number of hydrogen-bond acceptors (Lipinski definition) is 3. The van der Waals surface area contributed by atoms with Gasteiger partial charge in [0.1, 0.15) is 6.29 Å². The smallest absolute Gasteiger partial charge is 0.133 e. The summed E-state index contributed by atoms with van der Waals surface area (Å²) in [6, 6.07) is 0. The lowest BCUT2D eigenvalue weighted by Crippen LogP contribution is -2.46.